The van der Waals surface area contributed by atoms with E-state index in [1.54, 1.807) is 6.92 Å². The molecule has 0 aliphatic heterocycles. The number of methoxy groups -OCH3 is 2. The number of benzene rings is 1. The molecule has 0 heterocycles. The monoisotopic (exact) mass is 268 g/mol. The Balaban J connectivity index is 2.81. The molecule has 104 valence electrons. The third-order valence-electron chi connectivity index (χ3n) is 2.63. The number of aryl methyl sites for hydroxylation is 1. The zero-order valence-corrected chi connectivity index (χ0v) is 11.0. The number of ether oxygens (including phenoxy) is 2. The van der Waals surface area contributed by atoms with Crippen molar-refractivity contribution in [3.63, 3.8) is 0 Å². The molecule has 1 rings (SSSR count). The van der Waals surface area contributed by atoms with Crippen molar-refractivity contribution >= 4 is 11.6 Å². The number of rotatable bonds is 6. The summed E-state index contributed by atoms with van der Waals surface area (Å²) in [5.41, 5.74) is 0.806. The van der Waals surface area contributed by atoms with Crippen LogP contribution in [0, 0.1) is 17.0 Å². The zero-order valence-electron chi connectivity index (χ0n) is 11.0. The molecule has 0 aromatic heterocycles. The summed E-state index contributed by atoms with van der Waals surface area (Å²) in [4.78, 5) is 22.1. The molecule has 0 radical (unpaired) electrons. The smallest absolute Gasteiger partial charge is 0.270 e. The van der Waals surface area contributed by atoms with Crippen molar-refractivity contribution in [2.45, 2.75) is 13.2 Å². The van der Waals surface area contributed by atoms with E-state index in [0.717, 1.165) is 0 Å². The first-order chi connectivity index (χ1) is 8.99. The van der Waals surface area contributed by atoms with Crippen LogP contribution in [0.4, 0.5) is 5.69 Å². The van der Waals surface area contributed by atoms with E-state index in [1.165, 1.54) is 32.4 Å². The molecule has 0 saturated heterocycles. The van der Waals surface area contributed by atoms with Crippen molar-refractivity contribution in [1.82, 2.24) is 5.32 Å². The fourth-order valence-corrected chi connectivity index (χ4v) is 1.50. The van der Waals surface area contributed by atoms with E-state index in [-0.39, 0.29) is 17.8 Å². The number of nitrogens with zero attached hydrogens (tertiary/aromatic N) is 1. The molecule has 0 bridgehead atoms. The highest BCUT2D eigenvalue weighted by molar-refractivity contribution is 5.96. The van der Waals surface area contributed by atoms with Gasteiger partial charge in [-0.05, 0) is 12.5 Å². The number of amides is 1. The number of carbonyl (C=O) groups excluding carboxylic acids is 1. The third-order valence-corrected chi connectivity index (χ3v) is 2.63. The van der Waals surface area contributed by atoms with E-state index < -0.39 is 17.1 Å². The lowest BCUT2D eigenvalue weighted by Crippen LogP contribution is -2.34. The average Bonchev–Trinajstić information content (AvgIpc) is 2.39. The molecule has 1 aromatic carbocycles. The van der Waals surface area contributed by atoms with Gasteiger partial charge < -0.3 is 14.8 Å². The van der Waals surface area contributed by atoms with Gasteiger partial charge in [-0.2, -0.15) is 0 Å². The maximum absolute atomic E-state index is 11.9. The Labute approximate surface area is 110 Å². The number of hydrogen-bond donors (Lipinski definition) is 1. The molecule has 0 aliphatic rings. The number of nitro benzene ring substituents is 1. The summed E-state index contributed by atoms with van der Waals surface area (Å²) in [6.07, 6.45) is -0.553. The predicted octanol–water partition coefficient (Wildman–Crippen LogP) is 1.25. The molecule has 7 heteroatoms. The van der Waals surface area contributed by atoms with Crippen molar-refractivity contribution < 1.29 is 19.2 Å². The molecular formula is C12H16N2O5. The first-order valence-corrected chi connectivity index (χ1v) is 5.58. The normalized spacial score (nSPS) is 10.5. The Kier molecular flexibility index (Phi) is 5.40. The van der Waals surface area contributed by atoms with E-state index in [0.29, 0.717) is 5.56 Å². The quantitative estimate of drug-likeness (QED) is 0.476. The number of nitrogens with one attached hydrogen (secondary N) is 1. The van der Waals surface area contributed by atoms with Gasteiger partial charge in [0.15, 0.2) is 6.29 Å². The van der Waals surface area contributed by atoms with Gasteiger partial charge in [0.1, 0.15) is 0 Å². The molecule has 19 heavy (non-hydrogen) atoms. The molecule has 0 spiro atoms. The molecule has 7 nitrogen and oxygen atoms in total. The standard InChI is InChI=1S/C12H16N2O5/c1-8-4-5-9(14(16)17)6-10(8)12(15)13-7-11(18-2)19-3/h4-6,11H,7H2,1-3H3,(H,13,15). The predicted molar refractivity (Wildman–Crippen MR) is 68.0 cm³/mol. The maximum Gasteiger partial charge on any atom is 0.270 e. The number of non-ortho nitro benzene ring substituents is 1. The highest BCUT2D eigenvalue weighted by Crippen LogP contribution is 2.17. The second-order valence-corrected chi connectivity index (χ2v) is 3.87. The van der Waals surface area contributed by atoms with E-state index in [4.69, 9.17) is 9.47 Å². The first kappa shape index (κ1) is 15.1. The summed E-state index contributed by atoms with van der Waals surface area (Å²) in [5.74, 6) is -0.402. The molecule has 0 fully saturated rings. The number of nitro groups is 1. The Hall–Kier alpha value is -1.99. The van der Waals surface area contributed by atoms with Crippen molar-refractivity contribution in [3.05, 3.63) is 39.4 Å². The van der Waals surface area contributed by atoms with Gasteiger partial charge in [0, 0.05) is 31.9 Å². The van der Waals surface area contributed by atoms with E-state index >= 15 is 0 Å². The van der Waals surface area contributed by atoms with Crippen LogP contribution in [0.3, 0.4) is 0 Å². The second-order valence-electron chi connectivity index (χ2n) is 3.87. The lowest BCUT2D eigenvalue weighted by atomic mass is 10.1. The minimum Gasteiger partial charge on any atom is -0.354 e. The lowest BCUT2D eigenvalue weighted by molar-refractivity contribution is -0.384. The molecule has 0 aliphatic carbocycles. The minimum absolute atomic E-state index is 0.120. The SMILES string of the molecule is COC(CNC(=O)c1cc([N+](=O)[O-])ccc1C)OC. The van der Waals surface area contributed by atoms with Crippen molar-refractivity contribution in [2.24, 2.45) is 0 Å². The van der Waals surface area contributed by atoms with Gasteiger partial charge in [-0.3, -0.25) is 14.9 Å². The van der Waals surface area contributed by atoms with Crippen LogP contribution in [-0.2, 0) is 9.47 Å². The fraction of sp³-hybridized carbons (Fsp3) is 0.417. The van der Waals surface area contributed by atoms with E-state index in [1.807, 2.05) is 0 Å². The average molecular weight is 268 g/mol. The summed E-state index contributed by atoms with van der Waals surface area (Å²) in [6.45, 7) is 1.87. The molecule has 0 atom stereocenters. The lowest BCUT2D eigenvalue weighted by Gasteiger charge is -2.14. The number of carbonyl (C=O) groups is 1. The topological polar surface area (TPSA) is 90.7 Å². The van der Waals surface area contributed by atoms with Gasteiger partial charge in [-0.15, -0.1) is 0 Å². The van der Waals surface area contributed by atoms with Crippen molar-refractivity contribution in [1.29, 1.82) is 0 Å². The Morgan fingerprint density at radius 3 is 2.58 bits per heavy atom. The van der Waals surface area contributed by atoms with Gasteiger partial charge in [-0.25, -0.2) is 0 Å². The van der Waals surface area contributed by atoms with Gasteiger partial charge in [0.25, 0.3) is 11.6 Å². The molecule has 1 N–H and O–H groups in total. The summed E-state index contributed by atoms with van der Waals surface area (Å²) < 4.78 is 9.87. The van der Waals surface area contributed by atoms with Crippen LogP contribution >= 0.6 is 0 Å². The first-order valence-electron chi connectivity index (χ1n) is 5.58. The van der Waals surface area contributed by atoms with Crippen molar-refractivity contribution in [3.8, 4) is 0 Å². The van der Waals surface area contributed by atoms with Crippen LogP contribution in [0.25, 0.3) is 0 Å². The Bertz CT molecular complexity index is 471. The van der Waals surface area contributed by atoms with Gasteiger partial charge >= 0.3 is 0 Å². The molecule has 1 amide bonds. The van der Waals surface area contributed by atoms with Crippen LogP contribution in [0.1, 0.15) is 15.9 Å². The van der Waals surface area contributed by atoms with Gasteiger partial charge in [0.05, 0.1) is 11.5 Å². The molecule has 0 saturated carbocycles. The van der Waals surface area contributed by atoms with E-state index in [2.05, 4.69) is 5.32 Å². The van der Waals surface area contributed by atoms with Crippen LogP contribution < -0.4 is 5.32 Å². The Morgan fingerprint density at radius 1 is 1.42 bits per heavy atom. The highest BCUT2D eigenvalue weighted by atomic mass is 16.7. The van der Waals surface area contributed by atoms with Crippen molar-refractivity contribution in [2.75, 3.05) is 20.8 Å². The molecular weight excluding hydrogens is 252 g/mol. The maximum atomic E-state index is 11.9. The van der Waals surface area contributed by atoms with E-state index in [9.17, 15) is 14.9 Å². The van der Waals surface area contributed by atoms with Crippen LogP contribution in [0.5, 0.6) is 0 Å². The largest absolute Gasteiger partial charge is 0.354 e. The highest BCUT2D eigenvalue weighted by Gasteiger charge is 2.15. The Morgan fingerprint density at radius 2 is 2.05 bits per heavy atom. The zero-order chi connectivity index (χ0) is 14.4. The van der Waals surface area contributed by atoms with Crippen LogP contribution in [0.2, 0.25) is 0 Å². The summed E-state index contributed by atoms with van der Waals surface area (Å²) in [5, 5.41) is 13.3. The summed E-state index contributed by atoms with van der Waals surface area (Å²) in [7, 11) is 2.91. The van der Waals surface area contributed by atoms with Crippen LogP contribution in [-0.4, -0.2) is 37.9 Å². The van der Waals surface area contributed by atoms with Gasteiger partial charge in [0.2, 0.25) is 0 Å². The minimum atomic E-state index is -0.553. The third kappa shape index (κ3) is 4.01. The van der Waals surface area contributed by atoms with Crippen LogP contribution in [0.15, 0.2) is 18.2 Å². The summed E-state index contributed by atoms with van der Waals surface area (Å²) >= 11 is 0. The fourth-order valence-electron chi connectivity index (χ4n) is 1.50. The molecule has 0 unspecified atom stereocenters. The second kappa shape index (κ2) is 6.81. The van der Waals surface area contributed by atoms with Gasteiger partial charge in [-0.1, -0.05) is 6.07 Å². The summed E-state index contributed by atoms with van der Waals surface area (Å²) in [6, 6.07) is 4.15. The molecule has 1 aromatic rings. The number of hydrogen-bond acceptors (Lipinski definition) is 5.